The van der Waals surface area contributed by atoms with Gasteiger partial charge in [0.05, 0.1) is 22.6 Å². The van der Waals surface area contributed by atoms with Crippen molar-refractivity contribution in [2.24, 2.45) is 11.1 Å². The molecule has 5 nitrogen and oxygen atoms in total. The van der Waals surface area contributed by atoms with E-state index in [1.54, 1.807) is 25.2 Å². The van der Waals surface area contributed by atoms with Crippen molar-refractivity contribution in [1.82, 2.24) is 4.90 Å². The third kappa shape index (κ3) is 6.55. The minimum Gasteiger partial charge on any atom is -0.335 e. The van der Waals surface area contributed by atoms with Crippen molar-refractivity contribution in [2.75, 3.05) is 18.9 Å². The fourth-order valence-electron chi connectivity index (χ4n) is 1.68. The highest BCUT2D eigenvalue weighted by Crippen LogP contribution is 2.25. The molecule has 0 bridgehead atoms. The third-order valence-electron chi connectivity index (χ3n) is 3.16. The molecule has 0 aliphatic carbocycles. The van der Waals surface area contributed by atoms with Gasteiger partial charge in [-0.2, -0.15) is 0 Å². The molecule has 1 aromatic carbocycles. The van der Waals surface area contributed by atoms with Crippen LogP contribution >= 0.6 is 35.6 Å². The lowest BCUT2D eigenvalue weighted by atomic mass is 9.86. The van der Waals surface area contributed by atoms with Crippen LogP contribution < -0.4 is 11.1 Å². The number of halogens is 3. The van der Waals surface area contributed by atoms with Crippen molar-refractivity contribution < 1.29 is 9.59 Å². The quantitative estimate of drug-likeness (QED) is 0.839. The normalized spacial score (nSPS) is 12.1. The summed E-state index contributed by atoms with van der Waals surface area (Å²) in [6.07, 6.45) is 0. The van der Waals surface area contributed by atoms with Crippen molar-refractivity contribution in [3.05, 3.63) is 28.2 Å². The zero-order chi connectivity index (χ0) is 17.1. The van der Waals surface area contributed by atoms with Gasteiger partial charge in [-0.25, -0.2) is 0 Å². The molecule has 130 valence electrons. The highest BCUT2D eigenvalue weighted by molar-refractivity contribution is 6.42. The number of carbonyl (C=O) groups excluding carboxylic acids is 2. The van der Waals surface area contributed by atoms with Crippen molar-refractivity contribution in [3.8, 4) is 0 Å². The van der Waals surface area contributed by atoms with E-state index in [1.807, 2.05) is 20.8 Å². The summed E-state index contributed by atoms with van der Waals surface area (Å²) in [6, 6.07) is 4.10. The van der Waals surface area contributed by atoms with E-state index in [9.17, 15) is 9.59 Å². The first kappa shape index (κ1) is 22.0. The fraction of sp³-hybridized carbons (Fsp3) is 0.467. The van der Waals surface area contributed by atoms with Gasteiger partial charge in [0.2, 0.25) is 11.8 Å². The second kappa shape index (κ2) is 8.73. The number of nitrogens with zero attached hydrogens (tertiary/aromatic N) is 1. The number of amides is 2. The molecular formula is C15H22Cl3N3O2. The van der Waals surface area contributed by atoms with Crippen molar-refractivity contribution in [1.29, 1.82) is 0 Å². The Morgan fingerprint density at radius 2 is 1.83 bits per heavy atom. The number of benzene rings is 1. The van der Waals surface area contributed by atoms with Gasteiger partial charge in [-0.05, 0) is 23.6 Å². The lowest BCUT2D eigenvalue weighted by Crippen LogP contribution is -2.50. The number of nitrogens with two attached hydrogens (primary N) is 1. The molecule has 0 unspecified atom stereocenters. The van der Waals surface area contributed by atoms with Crippen LogP contribution in [0.25, 0.3) is 0 Å². The maximum absolute atomic E-state index is 12.2. The highest BCUT2D eigenvalue weighted by Gasteiger charge is 2.30. The lowest BCUT2D eigenvalue weighted by Gasteiger charge is -2.29. The summed E-state index contributed by atoms with van der Waals surface area (Å²) >= 11 is 11.7. The Balaban J connectivity index is 0.00000484. The number of nitrogens with one attached hydrogen (secondary N) is 1. The molecule has 3 N–H and O–H groups in total. The summed E-state index contributed by atoms with van der Waals surface area (Å²) < 4.78 is 0. The third-order valence-corrected chi connectivity index (χ3v) is 3.90. The number of rotatable bonds is 4. The van der Waals surface area contributed by atoms with E-state index in [4.69, 9.17) is 28.9 Å². The Labute approximate surface area is 152 Å². The Morgan fingerprint density at radius 1 is 1.26 bits per heavy atom. The zero-order valence-electron chi connectivity index (χ0n) is 13.5. The maximum atomic E-state index is 12.2. The molecule has 1 rings (SSSR count). The SMILES string of the molecule is CN(CC(=O)Nc1ccc(Cl)c(Cl)c1)C(=O)[C@@H](N)C(C)(C)C.Cl. The molecule has 0 aliphatic rings. The first-order valence-electron chi connectivity index (χ1n) is 6.78. The number of carbonyl (C=O) groups is 2. The summed E-state index contributed by atoms with van der Waals surface area (Å²) in [6.45, 7) is 5.53. The fourth-order valence-corrected chi connectivity index (χ4v) is 1.97. The first-order valence-corrected chi connectivity index (χ1v) is 7.53. The minimum atomic E-state index is -0.671. The van der Waals surface area contributed by atoms with Crippen molar-refractivity contribution in [2.45, 2.75) is 26.8 Å². The molecule has 1 aromatic rings. The molecule has 0 saturated carbocycles. The van der Waals surface area contributed by atoms with Gasteiger partial charge < -0.3 is 16.0 Å². The monoisotopic (exact) mass is 381 g/mol. The van der Waals surface area contributed by atoms with Crippen LogP contribution in [0.5, 0.6) is 0 Å². The van der Waals surface area contributed by atoms with Gasteiger partial charge >= 0.3 is 0 Å². The highest BCUT2D eigenvalue weighted by atomic mass is 35.5. The molecule has 1 atom stereocenters. The summed E-state index contributed by atoms with van der Waals surface area (Å²) in [7, 11) is 1.54. The number of anilines is 1. The summed E-state index contributed by atoms with van der Waals surface area (Å²) in [5.74, 6) is -0.618. The molecule has 0 saturated heterocycles. The van der Waals surface area contributed by atoms with E-state index in [2.05, 4.69) is 5.32 Å². The standard InChI is InChI=1S/C15H21Cl2N3O2.ClH/c1-15(2,3)13(18)14(22)20(4)8-12(21)19-9-5-6-10(16)11(17)7-9;/h5-7,13H,8,18H2,1-4H3,(H,19,21);1H/t13-;/m1./s1. The largest absolute Gasteiger partial charge is 0.335 e. The second-order valence-corrected chi connectivity index (χ2v) is 7.03. The first-order chi connectivity index (χ1) is 10.0. The Bertz CT molecular complexity index is 574. The predicted molar refractivity (Wildman–Crippen MR) is 97.4 cm³/mol. The minimum absolute atomic E-state index is 0. The Morgan fingerprint density at radius 3 is 2.30 bits per heavy atom. The van der Waals surface area contributed by atoms with Gasteiger partial charge in [-0.3, -0.25) is 9.59 Å². The topological polar surface area (TPSA) is 75.4 Å². The van der Waals surface area contributed by atoms with Crippen molar-refractivity contribution in [3.63, 3.8) is 0 Å². The van der Waals surface area contributed by atoms with Crippen LogP contribution in [0.3, 0.4) is 0 Å². The lowest BCUT2D eigenvalue weighted by molar-refractivity contribution is -0.136. The zero-order valence-corrected chi connectivity index (χ0v) is 15.9. The Hall–Kier alpha value is -1.01. The Kier molecular flexibility index (Phi) is 8.35. The van der Waals surface area contributed by atoms with Crippen LogP contribution in [0.1, 0.15) is 20.8 Å². The van der Waals surface area contributed by atoms with Crippen LogP contribution in [0, 0.1) is 5.41 Å². The maximum Gasteiger partial charge on any atom is 0.243 e. The van der Waals surface area contributed by atoms with Crippen LogP contribution in [0.4, 0.5) is 5.69 Å². The summed E-state index contributed by atoms with van der Waals surface area (Å²) in [4.78, 5) is 25.4. The van der Waals surface area contributed by atoms with E-state index in [1.165, 1.54) is 4.90 Å². The number of hydrogen-bond donors (Lipinski definition) is 2. The van der Waals surface area contributed by atoms with E-state index in [-0.39, 0.29) is 36.2 Å². The molecule has 0 fully saturated rings. The van der Waals surface area contributed by atoms with E-state index >= 15 is 0 Å². The molecule has 0 radical (unpaired) electrons. The molecular weight excluding hydrogens is 361 g/mol. The van der Waals surface area contributed by atoms with Crippen LogP contribution in [-0.2, 0) is 9.59 Å². The van der Waals surface area contributed by atoms with Gasteiger partial charge in [0.1, 0.15) is 0 Å². The second-order valence-electron chi connectivity index (χ2n) is 6.22. The molecule has 2 amide bonds. The van der Waals surface area contributed by atoms with Crippen molar-refractivity contribution >= 4 is 53.1 Å². The van der Waals surface area contributed by atoms with Crippen LogP contribution in [0.2, 0.25) is 10.0 Å². The smallest absolute Gasteiger partial charge is 0.243 e. The van der Waals surface area contributed by atoms with Crippen LogP contribution in [-0.4, -0.2) is 36.3 Å². The van der Waals surface area contributed by atoms with Gasteiger partial charge in [0.15, 0.2) is 0 Å². The average Bonchev–Trinajstić information content (AvgIpc) is 2.40. The molecule has 8 heteroatoms. The van der Waals surface area contributed by atoms with Gasteiger partial charge in [-0.1, -0.05) is 44.0 Å². The summed E-state index contributed by atoms with van der Waals surface area (Å²) in [5, 5.41) is 3.41. The molecule has 23 heavy (non-hydrogen) atoms. The van der Waals surface area contributed by atoms with E-state index < -0.39 is 6.04 Å². The molecule has 0 aromatic heterocycles. The van der Waals surface area contributed by atoms with Gasteiger partial charge in [0, 0.05) is 12.7 Å². The van der Waals surface area contributed by atoms with Gasteiger partial charge in [-0.15, -0.1) is 12.4 Å². The predicted octanol–water partition coefficient (Wildman–Crippen LogP) is 3.19. The van der Waals surface area contributed by atoms with Crippen LogP contribution in [0.15, 0.2) is 18.2 Å². The molecule has 0 heterocycles. The molecule has 0 aliphatic heterocycles. The summed E-state index contributed by atoms with van der Waals surface area (Å²) in [5.41, 5.74) is 6.05. The number of likely N-dealkylation sites (N-methyl/N-ethyl adjacent to an activating group) is 1. The van der Waals surface area contributed by atoms with E-state index in [0.29, 0.717) is 15.7 Å². The average molecular weight is 383 g/mol. The van der Waals surface area contributed by atoms with Gasteiger partial charge in [0.25, 0.3) is 0 Å². The molecule has 0 spiro atoms. The van der Waals surface area contributed by atoms with E-state index in [0.717, 1.165) is 0 Å². The number of hydrogen-bond acceptors (Lipinski definition) is 3.